The molecule has 1 amide bonds. The fraction of sp³-hybridized carbons (Fsp3) is 0.100. The van der Waals surface area contributed by atoms with Crippen LogP contribution in [0.1, 0.15) is 5.56 Å². The van der Waals surface area contributed by atoms with Crippen LogP contribution in [-0.4, -0.2) is 37.2 Å². The van der Waals surface area contributed by atoms with Crippen molar-refractivity contribution in [1.82, 2.24) is 4.90 Å². The summed E-state index contributed by atoms with van der Waals surface area (Å²) in [6, 6.07) is 12.5. The molecule has 1 heterocycles. The van der Waals surface area contributed by atoms with Gasteiger partial charge in [-0.15, -0.1) is 6.58 Å². The van der Waals surface area contributed by atoms with Gasteiger partial charge >= 0.3 is 10.1 Å². The molecule has 0 aliphatic carbocycles. The van der Waals surface area contributed by atoms with Crippen LogP contribution in [0, 0.1) is 0 Å². The zero-order valence-corrected chi connectivity index (χ0v) is 17.9. The number of carbonyl (C=O) groups is 1. The number of methoxy groups -OCH3 is 1. The zero-order valence-electron chi connectivity index (χ0n) is 15.4. The maximum absolute atomic E-state index is 12.4. The third-order valence-corrected chi connectivity index (χ3v) is 6.53. The molecular formula is C20H17NO5S3. The molecule has 0 atom stereocenters. The molecule has 1 aliphatic rings. The predicted molar refractivity (Wildman–Crippen MR) is 117 cm³/mol. The summed E-state index contributed by atoms with van der Waals surface area (Å²) in [5.74, 6) is 0.0679. The predicted octanol–water partition coefficient (Wildman–Crippen LogP) is 3.85. The van der Waals surface area contributed by atoms with Gasteiger partial charge in [0.15, 0.2) is 11.5 Å². The summed E-state index contributed by atoms with van der Waals surface area (Å²) in [5.41, 5.74) is 0.644. The van der Waals surface area contributed by atoms with Crippen LogP contribution in [0.25, 0.3) is 6.08 Å². The van der Waals surface area contributed by atoms with E-state index < -0.39 is 10.1 Å². The number of hydrogen-bond donors (Lipinski definition) is 0. The molecule has 6 nitrogen and oxygen atoms in total. The maximum atomic E-state index is 12.4. The molecule has 2 aromatic rings. The molecule has 1 saturated heterocycles. The van der Waals surface area contributed by atoms with E-state index in [1.807, 2.05) is 0 Å². The number of hydrogen-bond acceptors (Lipinski definition) is 7. The number of amides is 1. The van der Waals surface area contributed by atoms with Crippen molar-refractivity contribution in [3.63, 3.8) is 0 Å². The van der Waals surface area contributed by atoms with Gasteiger partial charge in [-0.3, -0.25) is 9.69 Å². The minimum absolute atomic E-state index is 0.0389. The summed E-state index contributed by atoms with van der Waals surface area (Å²) >= 11 is 6.41. The number of ether oxygens (including phenoxy) is 1. The Morgan fingerprint density at radius 1 is 1.17 bits per heavy atom. The topological polar surface area (TPSA) is 72.9 Å². The van der Waals surface area contributed by atoms with Crippen molar-refractivity contribution in [2.75, 3.05) is 13.7 Å². The minimum Gasteiger partial charge on any atom is -0.493 e. The Morgan fingerprint density at radius 3 is 2.55 bits per heavy atom. The average Bonchev–Trinajstić information content (AvgIpc) is 2.97. The Hall–Kier alpha value is -2.62. The molecular weight excluding hydrogens is 430 g/mol. The normalized spacial score (nSPS) is 15.6. The van der Waals surface area contributed by atoms with E-state index in [-0.39, 0.29) is 22.3 Å². The number of nitrogens with zero attached hydrogens (tertiary/aromatic N) is 1. The molecule has 1 aliphatic heterocycles. The summed E-state index contributed by atoms with van der Waals surface area (Å²) in [4.78, 5) is 14.4. The lowest BCUT2D eigenvalue weighted by Gasteiger charge is -2.12. The van der Waals surface area contributed by atoms with E-state index in [0.29, 0.717) is 21.3 Å². The Labute approximate surface area is 178 Å². The summed E-state index contributed by atoms with van der Waals surface area (Å²) < 4.78 is 35.9. The van der Waals surface area contributed by atoms with Gasteiger partial charge in [-0.25, -0.2) is 0 Å². The molecule has 2 aromatic carbocycles. The third-order valence-electron chi connectivity index (χ3n) is 3.90. The van der Waals surface area contributed by atoms with Crippen molar-refractivity contribution >= 4 is 50.4 Å². The van der Waals surface area contributed by atoms with Gasteiger partial charge in [0.1, 0.15) is 9.22 Å². The Bertz CT molecular complexity index is 1090. The number of benzene rings is 2. The van der Waals surface area contributed by atoms with E-state index in [0.717, 1.165) is 0 Å². The third kappa shape index (κ3) is 4.69. The monoisotopic (exact) mass is 447 g/mol. The highest BCUT2D eigenvalue weighted by molar-refractivity contribution is 8.26. The standard InChI is InChI=1S/C20H17NO5S3/c1-3-11-21-19(22)18(28-20(21)27)13-14-9-10-16(17(12-14)25-2)26-29(23,24)15-7-5-4-6-8-15/h3-10,12-13H,1,11H2,2H3/b18-13+. The molecule has 0 saturated carbocycles. The first kappa shape index (κ1) is 21.1. The molecule has 150 valence electrons. The van der Waals surface area contributed by atoms with Gasteiger partial charge in [-0.05, 0) is 35.9 Å². The van der Waals surface area contributed by atoms with Crippen molar-refractivity contribution < 1.29 is 22.1 Å². The van der Waals surface area contributed by atoms with Crippen LogP contribution in [0.15, 0.2) is 71.0 Å². The summed E-state index contributed by atoms with van der Waals surface area (Å²) in [6.07, 6.45) is 3.27. The molecule has 0 aromatic heterocycles. The van der Waals surface area contributed by atoms with Gasteiger partial charge in [-0.1, -0.05) is 54.3 Å². The molecule has 1 fully saturated rings. The molecule has 0 unspecified atom stereocenters. The van der Waals surface area contributed by atoms with E-state index in [9.17, 15) is 13.2 Å². The van der Waals surface area contributed by atoms with Crippen molar-refractivity contribution in [1.29, 1.82) is 0 Å². The summed E-state index contributed by atoms with van der Waals surface area (Å²) in [7, 11) is -2.59. The lowest BCUT2D eigenvalue weighted by atomic mass is 10.2. The van der Waals surface area contributed by atoms with Crippen LogP contribution in [0.3, 0.4) is 0 Å². The van der Waals surface area contributed by atoms with E-state index in [1.165, 1.54) is 42.0 Å². The molecule has 0 radical (unpaired) electrons. The summed E-state index contributed by atoms with van der Waals surface area (Å²) in [6.45, 7) is 3.97. The van der Waals surface area contributed by atoms with Crippen LogP contribution < -0.4 is 8.92 Å². The van der Waals surface area contributed by atoms with Crippen LogP contribution in [-0.2, 0) is 14.9 Å². The SMILES string of the molecule is C=CCN1C(=O)/C(=C\c2ccc(OS(=O)(=O)c3ccccc3)c(OC)c2)SC1=S. The fourth-order valence-electron chi connectivity index (χ4n) is 2.53. The van der Waals surface area contributed by atoms with Gasteiger partial charge in [0.2, 0.25) is 0 Å². The lowest BCUT2D eigenvalue weighted by molar-refractivity contribution is -0.121. The van der Waals surface area contributed by atoms with Crippen LogP contribution in [0.5, 0.6) is 11.5 Å². The van der Waals surface area contributed by atoms with Gasteiger partial charge in [0.05, 0.1) is 12.0 Å². The molecule has 3 rings (SSSR count). The maximum Gasteiger partial charge on any atom is 0.339 e. The smallest absolute Gasteiger partial charge is 0.339 e. The van der Waals surface area contributed by atoms with Gasteiger partial charge < -0.3 is 8.92 Å². The highest BCUT2D eigenvalue weighted by Crippen LogP contribution is 2.35. The first-order valence-electron chi connectivity index (χ1n) is 8.39. The number of carbonyl (C=O) groups excluding carboxylic acids is 1. The highest BCUT2D eigenvalue weighted by Gasteiger charge is 2.31. The van der Waals surface area contributed by atoms with Crippen LogP contribution in [0.2, 0.25) is 0 Å². The van der Waals surface area contributed by atoms with Crippen molar-refractivity contribution in [2.45, 2.75) is 4.90 Å². The molecule has 0 N–H and O–H groups in total. The molecule has 9 heteroatoms. The van der Waals surface area contributed by atoms with Crippen molar-refractivity contribution in [3.05, 3.63) is 71.7 Å². The zero-order chi connectivity index (χ0) is 21.0. The molecule has 0 bridgehead atoms. The van der Waals surface area contributed by atoms with Gasteiger partial charge in [0.25, 0.3) is 5.91 Å². The van der Waals surface area contributed by atoms with Gasteiger partial charge in [-0.2, -0.15) is 8.42 Å². The quantitative estimate of drug-likeness (QED) is 0.276. The van der Waals surface area contributed by atoms with Crippen LogP contribution >= 0.6 is 24.0 Å². The van der Waals surface area contributed by atoms with E-state index in [4.69, 9.17) is 21.1 Å². The lowest BCUT2D eigenvalue weighted by Crippen LogP contribution is -2.27. The first-order valence-corrected chi connectivity index (χ1v) is 11.0. The average molecular weight is 448 g/mol. The van der Waals surface area contributed by atoms with E-state index >= 15 is 0 Å². The van der Waals surface area contributed by atoms with Crippen molar-refractivity contribution in [3.8, 4) is 11.5 Å². The summed E-state index contributed by atoms with van der Waals surface area (Å²) in [5, 5.41) is 0. The fourth-order valence-corrected chi connectivity index (χ4v) is 4.77. The highest BCUT2D eigenvalue weighted by atomic mass is 32.2. The van der Waals surface area contributed by atoms with E-state index in [1.54, 1.807) is 42.5 Å². The largest absolute Gasteiger partial charge is 0.493 e. The Kier molecular flexibility index (Phi) is 6.41. The second kappa shape index (κ2) is 8.81. The molecule has 0 spiro atoms. The van der Waals surface area contributed by atoms with Gasteiger partial charge in [0, 0.05) is 6.54 Å². The van der Waals surface area contributed by atoms with Crippen molar-refractivity contribution in [2.24, 2.45) is 0 Å². The second-order valence-corrected chi connectivity index (χ2v) is 9.06. The van der Waals surface area contributed by atoms with Crippen LogP contribution in [0.4, 0.5) is 0 Å². The first-order chi connectivity index (χ1) is 13.9. The molecule has 29 heavy (non-hydrogen) atoms. The Balaban J connectivity index is 1.87. The number of thioether (sulfide) groups is 1. The minimum atomic E-state index is -4.00. The van der Waals surface area contributed by atoms with E-state index in [2.05, 4.69) is 6.58 Å². The second-order valence-electron chi connectivity index (χ2n) is 5.84. The number of thiocarbonyl (C=S) groups is 1. The number of rotatable bonds is 7. The Morgan fingerprint density at radius 2 is 1.90 bits per heavy atom.